The molecule has 3 rings (SSSR count). The number of anilines is 1. The van der Waals surface area contributed by atoms with E-state index in [2.05, 4.69) is 10.3 Å². The zero-order valence-electron chi connectivity index (χ0n) is 11.7. The largest absolute Gasteiger partial charge is 0.322 e. The second-order valence-electron chi connectivity index (χ2n) is 4.73. The zero-order valence-corrected chi connectivity index (χ0v) is 12.4. The first-order valence-corrected chi connectivity index (χ1v) is 7.19. The van der Waals surface area contributed by atoms with Crippen LogP contribution in [-0.2, 0) is 4.79 Å². The summed E-state index contributed by atoms with van der Waals surface area (Å²) < 4.78 is 0. The highest BCUT2D eigenvalue weighted by atomic mass is 35.5. The van der Waals surface area contributed by atoms with Gasteiger partial charge in [0.1, 0.15) is 0 Å². The van der Waals surface area contributed by atoms with Crippen LogP contribution in [0, 0.1) is 0 Å². The van der Waals surface area contributed by atoms with Crippen LogP contribution in [0.2, 0.25) is 5.02 Å². The standard InChI is InChI=1S/C18H13ClN2O/c19-15-8-4-7-14-16(11-12-20-18(14)15)21-17(22)10-9-13-5-2-1-3-6-13/h1-12H,(H,20,21,22)/b10-9+. The Morgan fingerprint density at radius 2 is 1.86 bits per heavy atom. The van der Waals surface area contributed by atoms with Gasteiger partial charge in [0.2, 0.25) is 5.91 Å². The molecule has 0 atom stereocenters. The van der Waals surface area contributed by atoms with E-state index in [1.807, 2.05) is 42.5 Å². The number of hydrogen-bond donors (Lipinski definition) is 1. The van der Waals surface area contributed by atoms with E-state index in [1.165, 1.54) is 6.08 Å². The lowest BCUT2D eigenvalue weighted by Crippen LogP contribution is -2.08. The molecule has 22 heavy (non-hydrogen) atoms. The summed E-state index contributed by atoms with van der Waals surface area (Å²) in [6.45, 7) is 0. The highest BCUT2D eigenvalue weighted by Crippen LogP contribution is 2.26. The molecule has 4 heteroatoms. The van der Waals surface area contributed by atoms with Crippen molar-refractivity contribution in [2.45, 2.75) is 0 Å². The van der Waals surface area contributed by atoms with Gasteiger partial charge in [-0.05, 0) is 23.8 Å². The van der Waals surface area contributed by atoms with Gasteiger partial charge in [-0.3, -0.25) is 9.78 Å². The molecule has 0 aliphatic carbocycles. The number of amides is 1. The van der Waals surface area contributed by atoms with E-state index in [-0.39, 0.29) is 5.91 Å². The van der Waals surface area contributed by atoms with Crippen molar-refractivity contribution >= 4 is 40.2 Å². The highest BCUT2D eigenvalue weighted by Gasteiger charge is 2.06. The van der Waals surface area contributed by atoms with Crippen molar-refractivity contribution in [3.63, 3.8) is 0 Å². The molecule has 0 aliphatic heterocycles. The fourth-order valence-corrected chi connectivity index (χ4v) is 2.38. The minimum atomic E-state index is -0.198. The van der Waals surface area contributed by atoms with Crippen molar-refractivity contribution < 1.29 is 4.79 Å². The SMILES string of the molecule is O=C(/C=C/c1ccccc1)Nc1ccnc2c(Cl)cccc12. The molecule has 0 saturated carbocycles. The van der Waals surface area contributed by atoms with Gasteiger partial charge >= 0.3 is 0 Å². The quantitative estimate of drug-likeness (QED) is 0.722. The molecule has 0 radical (unpaired) electrons. The van der Waals surface area contributed by atoms with E-state index < -0.39 is 0 Å². The average Bonchev–Trinajstić information content (AvgIpc) is 2.55. The normalized spacial score (nSPS) is 11.0. The van der Waals surface area contributed by atoms with Gasteiger partial charge in [-0.15, -0.1) is 0 Å². The molecular formula is C18H13ClN2O. The predicted molar refractivity (Wildman–Crippen MR) is 90.9 cm³/mol. The summed E-state index contributed by atoms with van der Waals surface area (Å²) in [4.78, 5) is 16.3. The Hall–Kier alpha value is -2.65. The molecule has 0 aliphatic rings. The molecule has 3 aromatic rings. The summed E-state index contributed by atoms with van der Waals surface area (Å²) >= 11 is 6.12. The first-order chi connectivity index (χ1) is 10.7. The van der Waals surface area contributed by atoms with Crippen LogP contribution in [0.15, 0.2) is 66.9 Å². The maximum Gasteiger partial charge on any atom is 0.248 e. The number of aromatic nitrogens is 1. The maximum atomic E-state index is 12.1. The number of halogens is 1. The van der Waals surface area contributed by atoms with Crippen LogP contribution >= 0.6 is 11.6 Å². The zero-order chi connectivity index (χ0) is 15.4. The van der Waals surface area contributed by atoms with Crippen molar-refractivity contribution in [3.8, 4) is 0 Å². The topological polar surface area (TPSA) is 42.0 Å². The molecule has 0 spiro atoms. The van der Waals surface area contributed by atoms with Crippen molar-refractivity contribution in [1.29, 1.82) is 0 Å². The Morgan fingerprint density at radius 3 is 2.68 bits per heavy atom. The van der Waals surface area contributed by atoms with E-state index in [1.54, 1.807) is 24.4 Å². The fraction of sp³-hybridized carbons (Fsp3) is 0. The Morgan fingerprint density at radius 1 is 1.05 bits per heavy atom. The molecule has 0 fully saturated rings. The molecule has 1 amide bonds. The Labute approximate surface area is 133 Å². The predicted octanol–water partition coefficient (Wildman–Crippen LogP) is 4.54. The van der Waals surface area contributed by atoms with Gasteiger partial charge in [0, 0.05) is 17.7 Å². The first kappa shape index (κ1) is 14.3. The van der Waals surface area contributed by atoms with Crippen molar-refractivity contribution in [1.82, 2.24) is 4.98 Å². The van der Waals surface area contributed by atoms with E-state index >= 15 is 0 Å². The molecule has 0 saturated heterocycles. The third kappa shape index (κ3) is 3.15. The number of nitrogens with one attached hydrogen (secondary N) is 1. The Balaban J connectivity index is 1.83. The molecular weight excluding hydrogens is 296 g/mol. The molecule has 1 N–H and O–H groups in total. The van der Waals surface area contributed by atoms with E-state index in [0.29, 0.717) is 16.2 Å². The summed E-state index contributed by atoms with van der Waals surface area (Å²) in [5, 5.41) is 4.24. The smallest absolute Gasteiger partial charge is 0.248 e. The lowest BCUT2D eigenvalue weighted by molar-refractivity contribution is -0.111. The molecule has 108 valence electrons. The maximum absolute atomic E-state index is 12.1. The summed E-state index contributed by atoms with van der Waals surface area (Å²) in [5.41, 5.74) is 2.34. The molecule has 3 nitrogen and oxygen atoms in total. The summed E-state index contributed by atoms with van der Waals surface area (Å²) in [7, 11) is 0. The minimum Gasteiger partial charge on any atom is -0.322 e. The van der Waals surface area contributed by atoms with Gasteiger partial charge in [0.15, 0.2) is 0 Å². The van der Waals surface area contributed by atoms with E-state index in [0.717, 1.165) is 10.9 Å². The van der Waals surface area contributed by atoms with Crippen LogP contribution in [0.4, 0.5) is 5.69 Å². The molecule has 1 heterocycles. The van der Waals surface area contributed by atoms with E-state index in [9.17, 15) is 4.79 Å². The van der Waals surface area contributed by atoms with E-state index in [4.69, 9.17) is 11.6 Å². The van der Waals surface area contributed by atoms with Crippen LogP contribution in [-0.4, -0.2) is 10.9 Å². The van der Waals surface area contributed by atoms with Gasteiger partial charge in [-0.2, -0.15) is 0 Å². The first-order valence-electron chi connectivity index (χ1n) is 6.81. The monoisotopic (exact) mass is 308 g/mol. The number of carbonyl (C=O) groups excluding carboxylic acids is 1. The molecule has 2 aromatic carbocycles. The minimum absolute atomic E-state index is 0.198. The van der Waals surface area contributed by atoms with Gasteiger partial charge in [0.05, 0.1) is 16.2 Å². The third-order valence-corrected chi connectivity index (χ3v) is 3.51. The van der Waals surface area contributed by atoms with Gasteiger partial charge in [-0.25, -0.2) is 0 Å². The van der Waals surface area contributed by atoms with Crippen LogP contribution in [0.3, 0.4) is 0 Å². The number of fused-ring (bicyclic) bond motifs is 1. The van der Waals surface area contributed by atoms with Gasteiger partial charge in [-0.1, -0.05) is 54.1 Å². The third-order valence-electron chi connectivity index (χ3n) is 3.21. The lowest BCUT2D eigenvalue weighted by Gasteiger charge is -2.07. The number of benzene rings is 2. The number of hydrogen-bond acceptors (Lipinski definition) is 2. The summed E-state index contributed by atoms with van der Waals surface area (Å²) in [6, 6.07) is 16.9. The number of pyridine rings is 1. The van der Waals surface area contributed by atoms with Crippen LogP contribution in [0.5, 0.6) is 0 Å². The average molecular weight is 309 g/mol. The molecule has 1 aromatic heterocycles. The second-order valence-corrected chi connectivity index (χ2v) is 5.13. The van der Waals surface area contributed by atoms with Crippen LogP contribution in [0.1, 0.15) is 5.56 Å². The number of carbonyl (C=O) groups is 1. The van der Waals surface area contributed by atoms with Crippen LogP contribution in [0.25, 0.3) is 17.0 Å². The highest BCUT2D eigenvalue weighted by molar-refractivity contribution is 6.35. The molecule has 0 unspecified atom stereocenters. The fourth-order valence-electron chi connectivity index (χ4n) is 2.16. The van der Waals surface area contributed by atoms with Crippen molar-refractivity contribution in [2.75, 3.05) is 5.32 Å². The van der Waals surface area contributed by atoms with Crippen molar-refractivity contribution in [3.05, 3.63) is 77.5 Å². The van der Waals surface area contributed by atoms with Gasteiger partial charge in [0.25, 0.3) is 0 Å². The summed E-state index contributed by atoms with van der Waals surface area (Å²) in [6.07, 6.45) is 4.91. The Kier molecular flexibility index (Phi) is 4.17. The van der Waals surface area contributed by atoms with Crippen LogP contribution < -0.4 is 5.32 Å². The summed E-state index contributed by atoms with van der Waals surface area (Å²) in [5.74, 6) is -0.198. The lowest BCUT2D eigenvalue weighted by atomic mass is 10.2. The number of rotatable bonds is 3. The van der Waals surface area contributed by atoms with Gasteiger partial charge < -0.3 is 5.32 Å². The number of nitrogens with zero attached hydrogens (tertiary/aromatic N) is 1. The number of para-hydroxylation sites is 1. The Bertz CT molecular complexity index is 844. The molecule has 0 bridgehead atoms. The second kappa shape index (κ2) is 6.41. The van der Waals surface area contributed by atoms with Crippen molar-refractivity contribution in [2.24, 2.45) is 0 Å².